The third-order valence-corrected chi connectivity index (χ3v) is 12.6. The Morgan fingerprint density at radius 1 is 0.930 bits per heavy atom. The second-order valence-electron chi connectivity index (χ2n) is 17.7. The van der Waals surface area contributed by atoms with Gasteiger partial charge in [-0.05, 0) is 63.2 Å². The van der Waals surface area contributed by atoms with Crippen molar-refractivity contribution in [2.75, 3.05) is 19.6 Å². The van der Waals surface area contributed by atoms with Crippen LogP contribution in [0.1, 0.15) is 129 Å². The van der Waals surface area contributed by atoms with Gasteiger partial charge in [0.25, 0.3) is 11.8 Å². The fourth-order valence-electron chi connectivity index (χ4n) is 9.38. The molecule has 16 heteroatoms. The number of fused-ring (bicyclic) bond motifs is 2. The molecule has 3 unspecified atom stereocenters. The number of likely N-dealkylation sites (N-methyl/N-ethyl adjacent to an activating group) is 1. The molecule has 5 aliphatic rings. The van der Waals surface area contributed by atoms with Crippen LogP contribution in [0.2, 0.25) is 0 Å². The lowest BCUT2D eigenvalue weighted by Gasteiger charge is -2.40. The largest absolute Gasteiger partial charge is 0.347 e. The van der Waals surface area contributed by atoms with Gasteiger partial charge in [-0.2, -0.15) is 0 Å². The molecule has 5 fully saturated rings. The Bertz CT molecular complexity index is 1690. The van der Waals surface area contributed by atoms with Crippen LogP contribution in [0.3, 0.4) is 0 Å². The van der Waals surface area contributed by atoms with Crippen molar-refractivity contribution in [2.45, 2.75) is 160 Å². The fourth-order valence-corrected chi connectivity index (χ4v) is 9.38. The molecule has 3 aliphatic heterocycles. The predicted octanol–water partition coefficient (Wildman–Crippen LogP) is 1.83. The maximum absolute atomic E-state index is 15.2. The molecule has 0 radical (unpaired) electrons. The fraction of sp³-hybridized carbons (Fsp3) is 0.732. The van der Waals surface area contributed by atoms with E-state index in [1.165, 1.54) is 23.5 Å². The number of amides is 6. The summed E-state index contributed by atoms with van der Waals surface area (Å²) in [6, 6.07) is -4.71. The standard InChI is InChI=1S/C41H61N9O7/c1-6-8-15-27(32(51)37(55)44-26-17-18-26)45-35(53)30-22-41(49(7-2)38(56)29-16-12-21-50(29)41)24-48(30)39(57)33(40(3,4)5)47-36(54)31(25-13-10-9-11-14-25)46-34(52)28-23-42-19-20-43-28/h19-20,23,25-27,29-31,33H,6-18,21-22,24H2,1-5H3,(H,44,55)(H,45,53)(H,46,52)(H,47,54)/t27?,29?,30-,31-,33+,41?/m0/s1. The van der Waals surface area contributed by atoms with Crippen LogP contribution in [0.5, 0.6) is 0 Å². The van der Waals surface area contributed by atoms with E-state index in [2.05, 4.69) is 36.1 Å². The van der Waals surface area contributed by atoms with Crippen LogP contribution in [0.15, 0.2) is 18.6 Å². The zero-order valence-electron chi connectivity index (χ0n) is 34.2. The molecule has 57 heavy (non-hydrogen) atoms. The topological polar surface area (TPSA) is 203 Å². The lowest BCUT2D eigenvalue weighted by molar-refractivity contribution is -0.145. The number of nitrogens with zero attached hydrogens (tertiary/aromatic N) is 5. The van der Waals surface area contributed by atoms with E-state index in [0.717, 1.165) is 57.8 Å². The van der Waals surface area contributed by atoms with Gasteiger partial charge in [0.1, 0.15) is 29.5 Å². The van der Waals surface area contributed by atoms with Gasteiger partial charge in [-0.15, -0.1) is 0 Å². The average molecular weight is 792 g/mol. The molecule has 1 aromatic heterocycles. The zero-order chi connectivity index (χ0) is 41.1. The molecule has 6 atom stereocenters. The Morgan fingerprint density at radius 2 is 1.67 bits per heavy atom. The van der Waals surface area contributed by atoms with Crippen LogP contribution < -0.4 is 21.3 Å². The molecule has 0 aromatic carbocycles. The molecule has 6 amide bonds. The van der Waals surface area contributed by atoms with Gasteiger partial charge in [0.15, 0.2) is 0 Å². The molecule has 3 saturated heterocycles. The van der Waals surface area contributed by atoms with Crippen LogP contribution in [0.25, 0.3) is 0 Å². The Kier molecular flexibility index (Phi) is 13.0. The first-order chi connectivity index (χ1) is 27.2. The summed E-state index contributed by atoms with van der Waals surface area (Å²) < 4.78 is 0. The monoisotopic (exact) mass is 791 g/mol. The quantitative estimate of drug-likeness (QED) is 0.190. The Labute approximate surface area is 335 Å². The molecule has 312 valence electrons. The predicted molar refractivity (Wildman–Crippen MR) is 209 cm³/mol. The highest BCUT2D eigenvalue weighted by Gasteiger charge is 2.64. The Morgan fingerprint density at radius 3 is 2.30 bits per heavy atom. The van der Waals surface area contributed by atoms with Gasteiger partial charge in [0, 0.05) is 37.9 Å². The summed E-state index contributed by atoms with van der Waals surface area (Å²) >= 11 is 0. The lowest BCUT2D eigenvalue weighted by Crippen LogP contribution is -2.62. The maximum Gasteiger partial charge on any atom is 0.289 e. The first kappa shape index (κ1) is 42.1. The van der Waals surface area contributed by atoms with Crippen molar-refractivity contribution in [1.82, 2.24) is 45.9 Å². The van der Waals surface area contributed by atoms with Gasteiger partial charge in [-0.3, -0.25) is 43.4 Å². The van der Waals surface area contributed by atoms with E-state index in [9.17, 15) is 28.8 Å². The molecule has 4 heterocycles. The molecule has 2 aliphatic carbocycles. The van der Waals surface area contributed by atoms with E-state index in [1.807, 2.05) is 34.6 Å². The minimum absolute atomic E-state index is 0.0215. The van der Waals surface area contributed by atoms with Gasteiger partial charge >= 0.3 is 0 Å². The average Bonchev–Trinajstić information content (AvgIpc) is 3.62. The van der Waals surface area contributed by atoms with Crippen molar-refractivity contribution in [3.8, 4) is 0 Å². The molecular weight excluding hydrogens is 731 g/mol. The smallest absolute Gasteiger partial charge is 0.289 e. The first-order valence-corrected chi connectivity index (χ1v) is 21.1. The number of unbranched alkanes of at least 4 members (excludes halogenated alkanes) is 1. The summed E-state index contributed by atoms with van der Waals surface area (Å²) in [5.74, 6) is -3.83. The second kappa shape index (κ2) is 17.6. The van der Waals surface area contributed by atoms with Crippen LogP contribution in [0.4, 0.5) is 0 Å². The number of likely N-dealkylation sites (tertiary alicyclic amines) is 1. The van der Waals surface area contributed by atoms with Gasteiger partial charge in [-0.25, -0.2) is 4.98 Å². The van der Waals surface area contributed by atoms with Crippen LogP contribution in [-0.2, 0) is 28.8 Å². The maximum atomic E-state index is 15.2. The van der Waals surface area contributed by atoms with E-state index < -0.39 is 70.6 Å². The number of carbonyl (C=O) groups is 7. The summed E-state index contributed by atoms with van der Waals surface area (Å²) in [5.41, 5.74) is -1.76. The lowest BCUT2D eigenvalue weighted by atomic mass is 9.82. The normalized spacial score (nSPS) is 25.5. The third kappa shape index (κ3) is 9.00. The highest BCUT2D eigenvalue weighted by atomic mass is 16.2. The van der Waals surface area contributed by atoms with E-state index >= 15 is 4.79 Å². The molecule has 2 saturated carbocycles. The number of hydrogen-bond donors (Lipinski definition) is 4. The first-order valence-electron chi connectivity index (χ1n) is 21.1. The van der Waals surface area contributed by atoms with Crippen LogP contribution in [0, 0.1) is 11.3 Å². The van der Waals surface area contributed by atoms with Crippen molar-refractivity contribution in [1.29, 1.82) is 0 Å². The number of aromatic nitrogens is 2. The van der Waals surface area contributed by atoms with Crippen molar-refractivity contribution in [3.63, 3.8) is 0 Å². The van der Waals surface area contributed by atoms with Crippen molar-refractivity contribution >= 4 is 41.2 Å². The molecule has 16 nitrogen and oxygen atoms in total. The summed E-state index contributed by atoms with van der Waals surface area (Å²) in [7, 11) is 0. The molecule has 4 N–H and O–H groups in total. The van der Waals surface area contributed by atoms with Crippen molar-refractivity contribution < 1.29 is 33.6 Å². The van der Waals surface area contributed by atoms with Gasteiger partial charge in [0.05, 0.1) is 24.8 Å². The summed E-state index contributed by atoms with van der Waals surface area (Å²) in [6.45, 7) is 10.3. The summed E-state index contributed by atoms with van der Waals surface area (Å²) in [6.07, 6.45) is 13.2. The zero-order valence-corrected chi connectivity index (χ0v) is 34.2. The second-order valence-corrected chi connectivity index (χ2v) is 17.7. The van der Waals surface area contributed by atoms with E-state index in [0.29, 0.717) is 25.9 Å². The molecule has 6 rings (SSSR count). The number of hydrogen-bond acceptors (Lipinski definition) is 10. The van der Waals surface area contributed by atoms with Crippen molar-refractivity contribution in [3.05, 3.63) is 24.3 Å². The third-order valence-electron chi connectivity index (χ3n) is 12.6. The number of Topliss-reactive ketones (excluding diaryl/α,β-unsaturated/α-hetero) is 1. The summed E-state index contributed by atoms with van der Waals surface area (Å²) in [4.78, 5) is 111. The van der Waals surface area contributed by atoms with Gasteiger partial charge < -0.3 is 31.1 Å². The van der Waals surface area contributed by atoms with Crippen molar-refractivity contribution in [2.24, 2.45) is 11.3 Å². The SMILES string of the molecule is CCCCC(NC(=O)[C@@H]1CC2(CN1C(=O)[C@@H](NC(=O)[C@@H](NC(=O)c1cnccn1)C1CCCCC1)C(C)(C)C)N(CC)C(=O)C1CCCN12)C(=O)C(=O)NC1CC1. The minimum atomic E-state index is -1.14. The molecule has 1 spiro atoms. The number of carbonyl (C=O) groups excluding carboxylic acids is 7. The number of rotatable bonds is 15. The van der Waals surface area contributed by atoms with E-state index in [4.69, 9.17) is 0 Å². The van der Waals surface area contributed by atoms with E-state index in [-0.39, 0.29) is 49.0 Å². The Hall–Kier alpha value is -4.47. The highest BCUT2D eigenvalue weighted by molar-refractivity contribution is 6.38. The summed E-state index contributed by atoms with van der Waals surface area (Å²) in [5, 5.41) is 11.5. The molecule has 1 aromatic rings. The van der Waals surface area contributed by atoms with Gasteiger partial charge in [-0.1, -0.05) is 59.8 Å². The van der Waals surface area contributed by atoms with Gasteiger partial charge in [0.2, 0.25) is 29.4 Å². The minimum Gasteiger partial charge on any atom is -0.347 e. The van der Waals surface area contributed by atoms with Crippen LogP contribution >= 0.6 is 0 Å². The molecule has 0 bridgehead atoms. The number of ketones is 1. The van der Waals surface area contributed by atoms with E-state index in [1.54, 1.807) is 4.90 Å². The van der Waals surface area contributed by atoms with Crippen LogP contribution in [-0.4, -0.2) is 127 Å². The highest BCUT2D eigenvalue weighted by Crippen LogP contribution is 2.46. The Balaban J connectivity index is 1.31. The number of nitrogens with one attached hydrogen (secondary N) is 4. The molecular formula is C41H61N9O7.